The summed E-state index contributed by atoms with van der Waals surface area (Å²) in [6.07, 6.45) is 0.715. The molecule has 0 aliphatic heterocycles. The number of nitrogens with one attached hydrogen (secondary N) is 3. The Bertz CT molecular complexity index is 1460. The molecule has 0 aromatic heterocycles. The number of anilines is 1. The molecule has 40 heavy (non-hydrogen) atoms. The highest BCUT2D eigenvalue weighted by Crippen LogP contribution is 2.31. The number of carbonyl (C=O) groups is 2. The second-order valence-electron chi connectivity index (χ2n) is 9.27. The van der Waals surface area contributed by atoms with Gasteiger partial charge in [-0.1, -0.05) is 26.0 Å². The summed E-state index contributed by atoms with van der Waals surface area (Å²) >= 11 is 0. The summed E-state index contributed by atoms with van der Waals surface area (Å²) in [5.74, 6) is -0.509. The first-order valence-corrected chi connectivity index (χ1v) is 14.0. The van der Waals surface area contributed by atoms with Crippen LogP contribution in [0.1, 0.15) is 45.7 Å². The van der Waals surface area contributed by atoms with Crippen molar-refractivity contribution in [2.75, 3.05) is 25.2 Å². The van der Waals surface area contributed by atoms with E-state index in [1.54, 1.807) is 37.4 Å². The first-order chi connectivity index (χ1) is 18.7. The van der Waals surface area contributed by atoms with Crippen molar-refractivity contribution < 1.29 is 32.4 Å². The predicted octanol–water partition coefficient (Wildman–Crippen LogP) is 3.85. The number of amidine groups is 1. The minimum absolute atomic E-state index is 0.00540. The van der Waals surface area contributed by atoms with Crippen LogP contribution in [0.15, 0.2) is 60.7 Å². The Labute approximate surface area is 233 Å². The number of rotatable bonds is 10. The van der Waals surface area contributed by atoms with Gasteiger partial charge in [0.25, 0.3) is 16.0 Å². The number of nitrogen functional groups attached to an aromatic ring is 1. The van der Waals surface area contributed by atoms with E-state index in [0.717, 1.165) is 11.3 Å². The maximum atomic E-state index is 12.5. The molecule has 0 spiro atoms. The van der Waals surface area contributed by atoms with Crippen molar-refractivity contribution in [1.29, 1.82) is 5.41 Å². The number of ether oxygens (including phenoxy) is 1. The van der Waals surface area contributed by atoms with Crippen LogP contribution >= 0.6 is 0 Å². The zero-order chi connectivity index (χ0) is 30.0. The van der Waals surface area contributed by atoms with Crippen LogP contribution in [-0.2, 0) is 16.7 Å². The fourth-order valence-corrected chi connectivity index (χ4v) is 3.57. The molecular formula is C28H34N4O7S. The second kappa shape index (κ2) is 14.1. The fourth-order valence-electron chi connectivity index (χ4n) is 3.57. The fraction of sp³-hybridized carbons (Fsp3) is 0.250. The van der Waals surface area contributed by atoms with Gasteiger partial charge in [-0.25, -0.2) is 4.79 Å². The van der Waals surface area contributed by atoms with E-state index in [-0.39, 0.29) is 23.2 Å². The predicted molar refractivity (Wildman–Crippen MR) is 155 cm³/mol. The maximum absolute atomic E-state index is 12.5. The standard InChI is InChI=1S/C27H30N4O4.CH4O3S/c1-16(2)14-31-26(32)18-6-10-23(24(13-18)27(33)34)22-11-9-21(35-3)12-19(22)15-30-20-7-4-17(5-8-20)25(28)29;1-5(2,3)4/h4-13,16,30H,14-15H2,1-3H3,(H3,28,29)(H,31,32)(H,33,34);1H3,(H,2,3,4). The first kappa shape index (κ1) is 31.8. The molecule has 0 saturated heterocycles. The van der Waals surface area contributed by atoms with E-state index in [1.165, 1.54) is 6.07 Å². The van der Waals surface area contributed by atoms with Gasteiger partial charge in [0.15, 0.2) is 0 Å². The van der Waals surface area contributed by atoms with Gasteiger partial charge in [0.2, 0.25) is 0 Å². The Morgan fingerprint density at radius 2 is 1.57 bits per heavy atom. The summed E-state index contributed by atoms with van der Waals surface area (Å²) in [6, 6.07) is 17.3. The number of nitrogens with two attached hydrogens (primary N) is 1. The largest absolute Gasteiger partial charge is 0.497 e. The summed E-state index contributed by atoms with van der Waals surface area (Å²) in [6.45, 7) is 4.87. The lowest BCUT2D eigenvalue weighted by Gasteiger charge is -2.16. The number of benzene rings is 3. The van der Waals surface area contributed by atoms with Crippen molar-refractivity contribution in [3.8, 4) is 16.9 Å². The van der Waals surface area contributed by atoms with Crippen molar-refractivity contribution in [3.05, 3.63) is 82.9 Å². The topological polar surface area (TPSA) is 192 Å². The summed E-state index contributed by atoms with van der Waals surface area (Å²) < 4.78 is 31.2. The molecule has 0 fully saturated rings. The third-order valence-electron chi connectivity index (χ3n) is 5.46. The first-order valence-electron chi connectivity index (χ1n) is 12.1. The highest BCUT2D eigenvalue weighted by molar-refractivity contribution is 7.85. The quantitative estimate of drug-likeness (QED) is 0.119. The molecule has 12 heteroatoms. The molecular weight excluding hydrogens is 536 g/mol. The molecule has 11 nitrogen and oxygen atoms in total. The van der Waals surface area contributed by atoms with E-state index in [0.29, 0.717) is 47.3 Å². The molecule has 0 aliphatic carbocycles. The molecule has 214 valence electrons. The number of hydrogen-bond acceptors (Lipinski definition) is 7. The van der Waals surface area contributed by atoms with Gasteiger partial charge in [-0.2, -0.15) is 8.42 Å². The molecule has 0 saturated carbocycles. The third kappa shape index (κ3) is 10.0. The molecule has 3 rings (SSSR count). The molecule has 0 aliphatic rings. The van der Waals surface area contributed by atoms with Crippen molar-refractivity contribution in [2.24, 2.45) is 11.7 Å². The number of carboxylic acids is 1. The molecule has 0 bridgehead atoms. The minimum Gasteiger partial charge on any atom is -0.497 e. The van der Waals surface area contributed by atoms with E-state index in [1.807, 2.05) is 38.1 Å². The van der Waals surface area contributed by atoms with Crippen molar-refractivity contribution in [3.63, 3.8) is 0 Å². The van der Waals surface area contributed by atoms with Gasteiger partial charge in [-0.05, 0) is 71.1 Å². The van der Waals surface area contributed by atoms with E-state index in [2.05, 4.69) is 10.6 Å². The van der Waals surface area contributed by atoms with Gasteiger partial charge >= 0.3 is 5.97 Å². The van der Waals surface area contributed by atoms with Gasteiger partial charge in [0, 0.05) is 29.9 Å². The number of carboxylic acid groups (broad SMARTS) is 1. The van der Waals surface area contributed by atoms with Crippen LogP contribution in [0, 0.1) is 11.3 Å². The number of amides is 1. The van der Waals surface area contributed by atoms with E-state index >= 15 is 0 Å². The maximum Gasteiger partial charge on any atom is 0.336 e. The molecule has 0 atom stereocenters. The van der Waals surface area contributed by atoms with Gasteiger partial charge in [0.1, 0.15) is 11.6 Å². The summed E-state index contributed by atoms with van der Waals surface area (Å²) in [7, 11) is -2.10. The normalized spacial score (nSPS) is 10.8. The summed E-state index contributed by atoms with van der Waals surface area (Å²) in [4.78, 5) is 24.6. The highest BCUT2D eigenvalue weighted by atomic mass is 32.2. The van der Waals surface area contributed by atoms with E-state index in [4.69, 9.17) is 20.4 Å². The van der Waals surface area contributed by atoms with Gasteiger partial charge < -0.3 is 26.2 Å². The van der Waals surface area contributed by atoms with Crippen LogP contribution in [0.3, 0.4) is 0 Å². The Morgan fingerprint density at radius 3 is 2.10 bits per heavy atom. The molecule has 3 aromatic carbocycles. The lowest BCUT2D eigenvalue weighted by molar-refractivity contribution is 0.0697. The lowest BCUT2D eigenvalue weighted by Crippen LogP contribution is -2.27. The Balaban J connectivity index is 0.00000103. The molecule has 7 N–H and O–H groups in total. The Kier molecular flexibility index (Phi) is 11.2. The second-order valence-corrected chi connectivity index (χ2v) is 10.7. The average molecular weight is 571 g/mol. The van der Waals surface area contributed by atoms with Crippen molar-refractivity contribution in [2.45, 2.75) is 20.4 Å². The van der Waals surface area contributed by atoms with Gasteiger partial charge in [-0.3, -0.25) is 14.8 Å². The number of carbonyl (C=O) groups excluding carboxylic acids is 1. The molecule has 3 aromatic rings. The molecule has 0 heterocycles. The number of hydrogen-bond donors (Lipinski definition) is 6. The molecule has 0 unspecified atom stereocenters. The smallest absolute Gasteiger partial charge is 0.336 e. The van der Waals surface area contributed by atoms with Crippen molar-refractivity contribution >= 4 is 33.5 Å². The monoisotopic (exact) mass is 570 g/mol. The van der Waals surface area contributed by atoms with Gasteiger partial charge in [-0.15, -0.1) is 0 Å². The Hall–Kier alpha value is -4.42. The molecule has 0 radical (unpaired) electrons. The number of aromatic carboxylic acids is 1. The van der Waals surface area contributed by atoms with Crippen LogP contribution in [0.5, 0.6) is 5.75 Å². The van der Waals surface area contributed by atoms with Crippen LogP contribution in [-0.4, -0.2) is 55.7 Å². The summed E-state index contributed by atoms with van der Waals surface area (Å²) in [5.41, 5.74) is 9.34. The van der Waals surface area contributed by atoms with Crippen LogP contribution in [0.25, 0.3) is 11.1 Å². The minimum atomic E-state index is -3.67. The van der Waals surface area contributed by atoms with Crippen LogP contribution in [0.2, 0.25) is 0 Å². The number of methoxy groups -OCH3 is 1. The van der Waals surface area contributed by atoms with E-state index in [9.17, 15) is 23.1 Å². The van der Waals surface area contributed by atoms with E-state index < -0.39 is 16.1 Å². The lowest BCUT2D eigenvalue weighted by atomic mass is 9.93. The zero-order valence-electron chi connectivity index (χ0n) is 22.7. The highest BCUT2D eigenvalue weighted by Gasteiger charge is 2.18. The summed E-state index contributed by atoms with van der Waals surface area (Å²) in [5, 5.41) is 23.6. The van der Waals surface area contributed by atoms with Gasteiger partial charge in [0.05, 0.1) is 18.9 Å². The van der Waals surface area contributed by atoms with Crippen LogP contribution in [0.4, 0.5) is 5.69 Å². The molecule has 1 amide bonds. The SMILES string of the molecule is COc1ccc(-c2ccc(C(=O)NCC(C)C)cc2C(=O)O)c(CNc2ccc(C(=N)N)cc2)c1.CS(=O)(=O)O. The third-order valence-corrected chi connectivity index (χ3v) is 5.46. The Morgan fingerprint density at radius 1 is 1.00 bits per heavy atom. The van der Waals surface area contributed by atoms with Crippen molar-refractivity contribution in [1.82, 2.24) is 5.32 Å². The zero-order valence-corrected chi connectivity index (χ0v) is 23.5. The van der Waals surface area contributed by atoms with Crippen LogP contribution < -0.4 is 21.1 Å². The average Bonchev–Trinajstić information content (AvgIpc) is 2.89.